The summed E-state index contributed by atoms with van der Waals surface area (Å²) in [5.74, 6) is 0.813. The molecule has 3 nitrogen and oxygen atoms in total. The van der Waals surface area contributed by atoms with E-state index in [1.807, 2.05) is 12.1 Å². The summed E-state index contributed by atoms with van der Waals surface area (Å²) in [5, 5.41) is 20.9. The first-order valence-electron chi connectivity index (χ1n) is 4.50. The number of rotatable bonds is 5. The Hall–Kier alpha value is -0.485. The summed E-state index contributed by atoms with van der Waals surface area (Å²) < 4.78 is 0. The number of nitrogens with one attached hydrogen (secondary N) is 1. The summed E-state index contributed by atoms with van der Waals surface area (Å²) in [7, 11) is -1.38. The molecule has 5 heteroatoms. The second kappa shape index (κ2) is 6.08. The third-order valence-electron chi connectivity index (χ3n) is 1.90. The molecule has 0 atom stereocenters. The Bertz CT molecular complexity index is 266. The molecule has 0 aromatic heterocycles. The molecule has 0 radical (unpaired) electrons. The molecule has 0 amide bonds. The van der Waals surface area contributed by atoms with Crippen molar-refractivity contribution in [3.8, 4) is 0 Å². The maximum Gasteiger partial charge on any atom is 0.488 e. The fourth-order valence-electron chi connectivity index (χ4n) is 1.12. The Morgan fingerprint density at radius 1 is 1.21 bits per heavy atom. The van der Waals surface area contributed by atoms with Crippen molar-refractivity contribution in [1.29, 1.82) is 0 Å². The summed E-state index contributed by atoms with van der Waals surface area (Å²) in [6.07, 6.45) is 0. The van der Waals surface area contributed by atoms with Gasteiger partial charge in [0.1, 0.15) is 0 Å². The minimum atomic E-state index is -1.38. The first-order valence-corrected chi connectivity index (χ1v) is 5.14. The lowest BCUT2D eigenvalue weighted by Gasteiger charge is -2.04. The molecule has 3 N–H and O–H groups in total. The summed E-state index contributed by atoms with van der Waals surface area (Å²) in [5.41, 5.74) is 1.64. The molecular formula is C9H14BNO2S. The Morgan fingerprint density at radius 2 is 1.86 bits per heavy atom. The Morgan fingerprint density at radius 3 is 2.36 bits per heavy atom. The fraction of sp³-hybridized carbons (Fsp3) is 0.333. The van der Waals surface area contributed by atoms with Crippen molar-refractivity contribution < 1.29 is 10.0 Å². The average molecular weight is 211 g/mol. The Labute approximate surface area is 89.7 Å². The molecule has 1 rings (SSSR count). The first kappa shape index (κ1) is 11.6. The van der Waals surface area contributed by atoms with Crippen molar-refractivity contribution in [2.45, 2.75) is 6.54 Å². The second-order valence-corrected chi connectivity index (χ2v) is 3.46. The van der Waals surface area contributed by atoms with Gasteiger partial charge < -0.3 is 15.4 Å². The predicted octanol–water partition coefficient (Wildman–Crippen LogP) is -0.614. The van der Waals surface area contributed by atoms with Crippen molar-refractivity contribution in [2.24, 2.45) is 0 Å². The fourth-order valence-corrected chi connectivity index (χ4v) is 1.28. The van der Waals surface area contributed by atoms with Crippen molar-refractivity contribution >= 4 is 25.2 Å². The van der Waals surface area contributed by atoms with Crippen molar-refractivity contribution in [3.05, 3.63) is 29.8 Å². The van der Waals surface area contributed by atoms with Crippen molar-refractivity contribution in [2.75, 3.05) is 12.3 Å². The van der Waals surface area contributed by atoms with Crippen LogP contribution in [-0.4, -0.2) is 29.5 Å². The van der Waals surface area contributed by atoms with Crippen LogP contribution in [-0.2, 0) is 6.54 Å². The largest absolute Gasteiger partial charge is 0.488 e. The van der Waals surface area contributed by atoms with Gasteiger partial charge in [0.2, 0.25) is 0 Å². The molecule has 0 unspecified atom stereocenters. The molecule has 76 valence electrons. The molecule has 0 saturated carbocycles. The van der Waals surface area contributed by atoms with Crippen molar-refractivity contribution in [1.82, 2.24) is 5.32 Å². The lowest BCUT2D eigenvalue weighted by atomic mass is 9.80. The molecule has 0 fully saturated rings. The zero-order valence-corrected chi connectivity index (χ0v) is 8.74. The van der Waals surface area contributed by atoms with Gasteiger partial charge in [-0.2, -0.15) is 12.6 Å². The molecule has 14 heavy (non-hydrogen) atoms. The highest BCUT2D eigenvalue weighted by atomic mass is 32.1. The van der Waals surface area contributed by atoms with Gasteiger partial charge in [0.25, 0.3) is 0 Å². The van der Waals surface area contributed by atoms with E-state index in [0.717, 1.165) is 24.4 Å². The summed E-state index contributed by atoms with van der Waals surface area (Å²) in [6, 6.07) is 7.17. The van der Waals surface area contributed by atoms with Crippen LogP contribution in [0.1, 0.15) is 5.56 Å². The second-order valence-electron chi connectivity index (χ2n) is 3.02. The van der Waals surface area contributed by atoms with Gasteiger partial charge in [-0.3, -0.25) is 0 Å². The van der Waals surface area contributed by atoms with Crippen LogP contribution in [0.2, 0.25) is 0 Å². The third kappa shape index (κ3) is 3.71. The van der Waals surface area contributed by atoms with E-state index in [0.29, 0.717) is 5.46 Å². The molecule has 0 aliphatic carbocycles. The minimum Gasteiger partial charge on any atom is -0.423 e. The molecule has 0 aliphatic heterocycles. The molecule has 0 spiro atoms. The van der Waals surface area contributed by atoms with Crippen LogP contribution in [0, 0.1) is 0 Å². The van der Waals surface area contributed by atoms with Crippen LogP contribution in [0.3, 0.4) is 0 Å². The monoisotopic (exact) mass is 211 g/mol. The molecule has 0 aliphatic rings. The number of hydrogen-bond donors (Lipinski definition) is 4. The van der Waals surface area contributed by atoms with Crippen LogP contribution in [0.4, 0.5) is 0 Å². The Balaban J connectivity index is 2.47. The van der Waals surface area contributed by atoms with E-state index in [9.17, 15) is 0 Å². The maximum absolute atomic E-state index is 8.86. The number of thiol groups is 1. The highest BCUT2D eigenvalue weighted by molar-refractivity contribution is 7.80. The van der Waals surface area contributed by atoms with Gasteiger partial charge in [-0.05, 0) is 11.0 Å². The lowest BCUT2D eigenvalue weighted by Crippen LogP contribution is -2.29. The van der Waals surface area contributed by atoms with Gasteiger partial charge in [0, 0.05) is 18.8 Å². The maximum atomic E-state index is 8.86. The summed E-state index contributed by atoms with van der Waals surface area (Å²) >= 11 is 4.08. The lowest BCUT2D eigenvalue weighted by molar-refractivity contribution is 0.426. The van der Waals surface area contributed by atoms with Gasteiger partial charge >= 0.3 is 7.12 Å². The SMILES string of the molecule is OB(O)c1ccc(CNCCS)cc1. The first-order chi connectivity index (χ1) is 6.74. The minimum absolute atomic E-state index is 0.517. The van der Waals surface area contributed by atoms with Crippen LogP contribution < -0.4 is 10.8 Å². The van der Waals surface area contributed by atoms with Crippen molar-refractivity contribution in [3.63, 3.8) is 0 Å². The topological polar surface area (TPSA) is 52.5 Å². The van der Waals surface area contributed by atoms with E-state index in [2.05, 4.69) is 17.9 Å². The van der Waals surface area contributed by atoms with Crippen LogP contribution in [0.25, 0.3) is 0 Å². The normalized spacial score (nSPS) is 10.2. The van der Waals surface area contributed by atoms with Gasteiger partial charge in [0.15, 0.2) is 0 Å². The van der Waals surface area contributed by atoms with Gasteiger partial charge in [-0.1, -0.05) is 24.3 Å². The molecule has 0 saturated heterocycles. The van der Waals surface area contributed by atoms with E-state index >= 15 is 0 Å². The number of benzene rings is 1. The smallest absolute Gasteiger partial charge is 0.423 e. The molecular weight excluding hydrogens is 197 g/mol. The van der Waals surface area contributed by atoms with E-state index in [4.69, 9.17) is 10.0 Å². The summed E-state index contributed by atoms with van der Waals surface area (Å²) in [4.78, 5) is 0. The van der Waals surface area contributed by atoms with Gasteiger partial charge in [0.05, 0.1) is 0 Å². The molecule has 0 heterocycles. The average Bonchev–Trinajstić information content (AvgIpc) is 2.19. The molecule has 1 aromatic rings. The highest BCUT2D eigenvalue weighted by Gasteiger charge is 2.09. The highest BCUT2D eigenvalue weighted by Crippen LogP contribution is 1.96. The molecule has 1 aromatic carbocycles. The van der Waals surface area contributed by atoms with Gasteiger partial charge in [-0.25, -0.2) is 0 Å². The van der Waals surface area contributed by atoms with Crippen LogP contribution in [0.15, 0.2) is 24.3 Å². The van der Waals surface area contributed by atoms with Gasteiger partial charge in [-0.15, -0.1) is 0 Å². The van der Waals surface area contributed by atoms with E-state index in [1.54, 1.807) is 12.1 Å². The van der Waals surface area contributed by atoms with E-state index < -0.39 is 7.12 Å². The molecule has 0 bridgehead atoms. The standard InChI is InChI=1S/C9H14BNO2S/c12-10(13)9-3-1-8(2-4-9)7-11-5-6-14/h1-4,11-14H,5-7H2. The van der Waals surface area contributed by atoms with E-state index in [1.165, 1.54) is 0 Å². The zero-order chi connectivity index (χ0) is 10.4. The van der Waals surface area contributed by atoms with E-state index in [-0.39, 0.29) is 0 Å². The quantitative estimate of drug-likeness (QED) is 0.298. The summed E-state index contributed by atoms with van der Waals surface area (Å²) in [6.45, 7) is 1.65. The Kier molecular flexibility index (Phi) is 5.04. The van der Waals surface area contributed by atoms with Crippen LogP contribution >= 0.6 is 12.6 Å². The van der Waals surface area contributed by atoms with Crippen LogP contribution in [0.5, 0.6) is 0 Å². The predicted molar refractivity (Wildman–Crippen MR) is 61.8 cm³/mol. The third-order valence-corrected chi connectivity index (χ3v) is 2.12. The zero-order valence-electron chi connectivity index (χ0n) is 7.85. The number of hydrogen-bond acceptors (Lipinski definition) is 4.